The lowest BCUT2D eigenvalue weighted by Crippen LogP contribution is -2.08. The first-order chi connectivity index (χ1) is 18.8. The molecule has 0 radical (unpaired) electrons. The number of nitrogens with zero attached hydrogens (tertiary/aromatic N) is 4. The highest BCUT2D eigenvalue weighted by Crippen LogP contribution is 2.35. The monoisotopic (exact) mass is 541 g/mol. The van der Waals surface area contributed by atoms with Crippen molar-refractivity contribution in [2.45, 2.75) is 12.2 Å². The van der Waals surface area contributed by atoms with Gasteiger partial charge in [-0.3, -0.25) is 0 Å². The molecule has 0 aliphatic carbocycles. The van der Waals surface area contributed by atoms with E-state index in [0.717, 1.165) is 58.1 Å². The molecule has 0 spiro atoms. The molecule has 3 aromatic carbocycles. The number of aryl methyl sites for hydroxylation is 1. The summed E-state index contributed by atoms with van der Waals surface area (Å²) in [5, 5.41) is 9.97. The third kappa shape index (κ3) is 6.18. The number of fused-ring (bicyclic) bond motifs is 1. The number of hydrogen-bond donors (Lipinski definition) is 3. The molecule has 0 saturated heterocycles. The Morgan fingerprint density at radius 1 is 0.897 bits per heavy atom. The molecular weight excluding hydrogens is 510 g/mol. The lowest BCUT2D eigenvalue weighted by molar-refractivity contribution is 0.601. The fourth-order valence-corrected chi connectivity index (χ4v) is 5.32. The lowest BCUT2D eigenvalue weighted by atomic mass is 10.1. The summed E-state index contributed by atoms with van der Waals surface area (Å²) >= 11 is 0. The first-order valence-corrected chi connectivity index (χ1v) is 14.7. The summed E-state index contributed by atoms with van der Waals surface area (Å²) in [4.78, 5) is 14.1. The topological polar surface area (TPSA) is 114 Å². The van der Waals surface area contributed by atoms with Crippen LogP contribution < -0.4 is 16.0 Å². The van der Waals surface area contributed by atoms with Crippen LogP contribution in [0.25, 0.3) is 22.3 Å². The quantitative estimate of drug-likeness (QED) is 0.226. The molecule has 0 atom stereocenters. The molecule has 200 valence electrons. The fraction of sp³-hybridized carbons (Fsp3) is 0.207. The molecule has 39 heavy (non-hydrogen) atoms. The smallest absolute Gasteiger partial charge is 0.227 e. The number of rotatable bonds is 10. The molecule has 0 unspecified atom stereocenters. The zero-order valence-corrected chi connectivity index (χ0v) is 23.0. The van der Waals surface area contributed by atoms with Crippen molar-refractivity contribution in [2.24, 2.45) is 7.05 Å². The Balaban J connectivity index is 1.42. The van der Waals surface area contributed by atoms with Crippen molar-refractivity contribution in [1.82, 2.24) is 19.5 Å². The Hall–Kier alpha value is -4.44. The van der Waals surface area contributed by atoms with Gasteiger partial charge in [0.2, 0.25) is 11.9 Å². The standard InChI is InChI=1S/C29H31N7O2S/c1-30-23-13-14-25-27(35-29(36(25)2)32-17-15-20-7-5-4-6-8-20)26(23)24-16-18-31-28(34-24)33-22-11-9-21(10-12-22)19-39(3,37)38/h4-14,16,18,30H,15,17,19H2,1-3H3,(H,32,35)(H,31,33,34). The van der Waals surface area contributed by atoms with Crippen LogP contribution in [0.3, 0.4) is 0 Å². The molecule has 0 saturated carbocycles. The van der Waals surface area contributed by atoms with E-state index in [1.54, 1.807) is 18.3 Å². The molecule has 10 heteroatoms. The van der Waals surface area contributed by atoms with Gasteiger partial charge in [-0.1, -0.05) is 42.5 Å². The summed E-state index contributed by atoms with van der Waals surface area (Å²) in [6, 6.07) is 23.5. The number of anilines is 4. The summed E-state index contributed by atoms with van der Waals surface area (Å²) in [6.45, 7) is 0.764. The van der Waals surface area contributed by atoms with Crippen LogP contribution in [0.5, 0.6) is 0 Å². The number of imidazole rings is 1. The summed E-state index contributed by atoms with van der Waals surface area (Å²) in [6.07, 6.45) is 3.83. The predicted molar refractivity (Wildman–Crippen MR) is 158 cm³/mol. The maximum Gasteiger partial charge on any atom is 0.227 e. The molecule has 9 nitrogen and oxygen atoms in total. The zero-order valence-electron chi connectivity index (χ0n) is 22.1. The molecule has 0 fully saturated rings. The molecule has 0 aliphatic heterocycles. The van der Waals surface area contributed by atoms with Crippen molar-refractivity contribution in [1.29, 1.82) is 0 Å². The van der Waals surface area contributed by atoms with Gasteiger partial charge >= 0.3 is 0 Å². The van der Waals surface area contributed by atoms with Crippen LogP contribution in [0.4, 0.5) is 23.3 Å². The van der Waals surface area contributed by atoms with Gasteiger partial charge in [-0.05, 0) is 47.9 Å². The van der Waals surface area contributed by atoms with Crippen LogP contribution in [0.1, 0.15) is 11.1 Å². The highest BCUT2D eigenvalue weighted by Gasteiger charge is 2.18. The summed E-state index contributed by atoms with van der Waals surface area (Å²) in [7, 11) is 0.791. The van der Waals surface area contributed by atoms with Gasteiger partial charge in [-0.25, -0.2) is 23.4 Å². The van der Waals surface area contributed by atoms with Gasteiger partial charge < -0.3 is 20.5 Å². The molecule has 2 aromatic heterocycles. The van der Waals surface area contributed by atoms with E-state index >= 15 is 0 Å². The predicted octanol–water partition coefficient (Wildman–Crippen LogP) is 5.01. The van der Waals surface area contributed by atoms with Crippen molar-refractivity contribution < 1.29 is 8.42 Å². The van der Waals surface area contributed by atoms with Crippen molar-refractivity contribution in [3.05, 3.63) is 90.1 Å². The molecule has 0 aliphatic rings. The molecule has 5 aromatic rings. The van der Waals surface area contributed by atoms with Crippen LogP contribution >= 0.6 is 0 Å². The third-order valence-corrected chi connectivity index (χ3v) is 7.27. The molecule has 5 rings (SSSR count). The summed E-state index contributed by atoms with van der Waals surface area (Å²) in [5.74, 6) is 1.22. The van der Waals surface area contributed by atoms with Gasteiger partial charge in [0.25, 0.3) is 0 Å². The fourth-order valence-electron chi connectivity index (χ4n) is 4.52. The van der Waals surface area contributed by atoms with Crippen LogP contribution in [0.15, 0.2) is 79.0 Å². The molecule has 0 amide bonds. The second-order valence-electron chi connectivity index (χ2n) is 9.42. The van der Waals surface area contributed by atoms with Gasteiger partial charge in [-0.15, -0.1) is 0 Å². The highest BCUT2D eigenvalue weighted by molar-refractivity contribution is 7.89. The van der Waals surface area contributed by atoms with E-state index < -0.39 is 9.84 Å². The Kier molecular flexibility index (Phi) is 7.47. The first kappa shape index (κ1) is 26.2. The van der Waals surface area contributed by atoms with E-state index in [0.29, 0.717) is 5.95 Å². The van der Waals surface area contributed by atoms with E-state index in [1.807, 2.05) is 44.4 Å². The average Bonchev–Trinajstić information content (AvgIpc) is 3.24. The zero-order chi connectivity index (χ0) is 27.4. The number of benzene rings is 3. The molecule has 0 bridgehead atoms. The van der Waals surface area contributed by atoms with Crippen molar-refractivity contribution >= 4 is 44.1 Å². The number of nitrogens with one attached hydrogen (secondary N) is 3. The third-order valence-electron chi connectivity index (χ3n) is 6.41. The molecule has 2 heterocycles. The maximum atomic E-state index is 11.6. The van der Waals surface area contributed by atoms with E-state index in [1.165, 1.54) is 11.8 Å². The van der Waals surface area contributed by atoms with Crippen molar-refractivity contribution in [3.8, 4) is 11.3 Å². The van der Waals surface area contributed by atoms with E-state index in [2.05, 4.69) is 55.8 Å². The van der Waals surface area contributed by atoms with Gasteiger partial charge in [0, 0.05) is 44.5 Å². The summed E-state index contributed by atoms with van der Waals surface area (Å²) < 4.78 is 25.2. The van der Waals surface area contributed by atoms with E-state index in [4.69, 9.17) is 9.97 Å². The Morgan fingerprint density at radius 2 is 1.67 bits per heavy atom. The normalized spacial score (nSPS) is 11.5. The van der Waals surface area contributed by atoms with Gasteiger partial charge in [0.15, 0.2) is 9.84 Å². The first-order valence-electron chi connectivity index (χ1n) is 12.6. The SMILES string of the molecule is CNc1ccc2c(nc(NCCc3ccccc3)n2C)c1-c1ccnc(Nc2ccc(CS(C)(=O)=O)cc2)n1. The van der Waals surface area contributed by atoms with Gasteiger partial charge in [0.05, 0.1) is 22.5 Å². The minimum Gasteiger partial charge on any atom is -0.388 e. The largest absolute Gasteiger partial charge is 0.388 e. The van der Waals surface area contributed by atoms with E-state index in [-0.39, 0.29) is 5.75 Å². The highest BCUT2D eigenvalue weighted by atomic mass is 32.2. The van der Waals surface area contributed by atoms with Crippen molar-refractivity contribution in [3.63, 3.8) is 0 Å². The second kappa shape index (κ2) is 11.1. The van der Waals surface area contributed by atoms with Crippen LogP contribution in [-0.4, -0.2) is 47.8 Å². The lowest BCUT2D eigenvalue weighted by Gasteiger charge is -2.11. The summed E-state index contributed by atoms with van der Waals surface area (Å²) in [5.41, 5.74) is 7.10. The van der Waals surface area contributed by atoms with Gasteiger partial charge in [0.1, 0.15) is 5.52 Å². The van der Waals surface area contributed by atoms with Crippen molar-refractivity contribution in [2.75, 3.05) is 35.8 Å². The van der Waals surface area contributed by atoms with Crippen LogP contribution in [-0.2, 0) is 29.1 Å². The average molecular weight is 542 g/mol. The number of aromatic nitrogens is 4. The van der Waals surface area contributed by atoms with Gasteiger partial charge in [-0.2, -0.15) is 0 Å². The maximum absolute atomic E-state index is 11.6. The Labute approximate surface area is 228 Å². The molecule has 3 N–H and O–H groups in total. The minimum absolute atomic E-state index is 0.00322. The van der Waals surface area contributed by atoms with Crippen LogP contribution in [0, 0.1) is 0 Å². The molecular formula is C29H31N7O2S. The Bertz CT molecular complexity index is 1700. The minimum atomic E-state index is -3.09. The van der Waals surface area contributed by atoms with E-state index in [9.17, 15) is 8.42 Å². The van der Waals surface area contributed by atoms with Crippen LogP contribution in [0.2, 0.25) is 0 Å². The Morgan fingerprint density at radius 3 is 2.38 bits per heavy atom. The second-order valence-corrected chi connectivity index (χ2v) is 11.6. The number of hydrogen-bond acceptors (Lipinski definition) is 8. The number of sulfone groups is 1.